The first kappa shape index (κ1) is 23.6. The number of aliphatic imine (C=N–C) groups is 1. The average molecular weight is 548 g/mol. The zero-order valence-corrected chi connectivity index (χ0v) is 20.0. The van der Waals surface area contributed by atoms with Crippen molar-refractivity contribution >= 4 is 45.9 Å². The monoisotopic (exact) mass is 547 g/mol. The number of hydrogen-bond acceptors (Lipinski definition) is 3. The zero-order valence-electron chi connectivity index (χ0n) is 16.1. The third-order valence-electron chi connectivity index (χ3n) is 4.12. The molecule has 2 rings (SSSR count). The van der Waals surface area contributed by atoms with E-state index in [1.807, 2.05) is 18.2 Å². The highest BCUT2D eigenvalue weighted by Gasteiger charge is 2.11. The van der Waals surface area contributed by atoms with Gasteiger partial charge < -0.3 is 20.1 Å². The van der Waals surface area contributed by atoms with E-state index in [1.165, 1.54) is 5.56 Å². The zero-order chi connectivity index (χ0) is 18.9. The summed E-state index contributed by atoms with van der Waals surface area (Å²) in [6.45, 7) is 3.62. The highest BCUT2D eigenvalue weighted by molar-refractivity contribution is 14.0. The molecule has 1 unspecified atom stereocenters. The van der Waals surface area contributed by atoms with E-state index >= 15 is 0 Å². The Hall–Kier alpha value is -1.48. The third-order valence-corrected chi connectivity index (χ3v) is 4.71. The van der Waals surface area contributed by atoms with Gasteiger partial charge in [0.25, 0.3) is 0 Å². The summed E-state index contributed by atoms with van der Waals surface area (Å²) in [6, 6.07) is 14.4. The predicted octanol–water partition coefficient (Wildman–Crippen LogP) is 4.55. The summed E-state index contributed by atoms with van der Waals surface area (Å²) in [4.78, 5) is 4.29. The molecule has 148 valence electrons. The van der Waals surface area contributed by atoms with Crippen molar-refractivity contribution in [1.29, 1.82) is 0 Å². The normalized spacial score (nSPS) is 12.0. The molecule has 2 aromatic rings. The summed E-state index contributed by atoms with van der Waals surface area (Å²) >= 11 is 3.52. The van der Waals surface area contributed by atoms with E-state index < -0.39 is 0 Å². The van der Waals surface area contributed by atoms with Crippen molar-refractivity contribution in [3.63, 3.8) is 0 Å². The molecule has 0 aliphatic rings. The molecule has 2 aromatic carbocycles. The van der Waals surface area contributed by atoms with Crippen molar-refractivity contribution in [2.24, 2.45) is 4.99 Å². The maximum Gasteiger partial charge on any atom is 0.191 e. The SMILES string of the molecule is CN=C(NCc1cc(Br)c(OC)c(OC)c1)NCC(C)c1ccccc1.I. The van der Waals surface area contributed by atoms with Crippen LogP contribution in [-0.4, -0.2) is 33.8 Å². The quantitative estimate of drug-likeness (QED) is 0.303. The number of ether oxygens (including phenoxy) is 2. The van der Waals surface area contributed by atoms with Gasteiger partial charge in [-0.15, -0.1) is 24.0 Å². The van der Waals surface area contributed by atoms with Gasteiger partial charge in [-0.25, -0.2) is 0 Å². The van der Waals surface area contributed by atoms with Crippen LogP contribution in [0.4, 0.5) is 0 Å². The van der Waals surface area contributed by atoms with Gasteiger partial charge in [0.2, 0.25) is 0 Å². The number of nitrogens with zero attached hydrogens (tertiary/aromatic N) is 1. The van der Waals surface area contributed by atoms with Gasteiger partial charge in [0.05, 0.1) is 18.7 Å². The molecule has 2 N–H and O–H groups in total. The summed E-state index contributed by atoms with van der Waals surface area (Å²) in [5.74, 6) is 2.54. The number of guanidine groups is 1. The van der Waals surface area contributed by atoms with Crippen LogP contribution in [0.25, 0.3) is 0 Å². The molecule has 1 atom stereocenters. The van der Waals surface area contributed by atoms with Gasteiger partial charge in [-0.05, 0) is 45.1 Å². The Bertz CT molecular complexity index is 742. The molecule has 0 amide bonds. The Labute approximate surface area is 187 Å². The fraction of sp³-hybridized carbons (Fsp3) is 0.350. The van der Waals surface area contributed by atoms with Crippen molar-refractivity contribution in [1.82, 2.24) is 10.6 Å². The second kappa shape index (κ2) is 12.1. The first-order valence-electron chi connectivity index (χ1n) is 8.48. The van der Waals surface area contributed by atoms with Crippen molar-refractivity contribution in [3.8, 4) is 11.5 Å². The number of benzene rings is 2. The van der Waals surface area contributed by atoms with Crippen molar-refractivity contribution < 1.29 is 9.47 Å². The van der Waals surface area contributed by atoms with Crippen molar-refractivity contribution in [2.75, 3.05) is 27.8 Å². The van der Waals surface area contributed by atoms with Crippen LogP contribution in [-0.2, 0) is 6.54 Å². The number of rotatable bonds is 7. The predicted molar refractivity (Wildman–Crippen MR) is 126 cm³/mol. The molecule has 0 aromatic heterocycles. The van der Waals surface area contributed by atoms with E-state index in [-0.39, 0.29) is 24.0 Å². The molecule has 0 radical (unpaired) electrons. The standard InChI is InChI=1S/C20H26BrN3O2.HI/c1-14(16-8-6-5-7-9-16)12-23-20(22-2)24-13-15-10-17(21)19(26-4)18(11-15)25-3;/h5-11,14H,12-13H2,1-4H3,(H2,22,23,24);1H. The minimum absolute atomic E-state index is 0. The fourth-order valence-corrected chi connectivity index (χ4v) is 3.28. The Morgan fingerprint density at radius 3 is 2.41 bits per heavy atom. The molecular weight excluding hydrogens is 521 g/mol. The van der Waals surface area contributed by atoms with E-state index in [0.717, 1.165) is 22.5 Å². The topological polar surface area (TPSA) is 54.9 Å². The van der Waals surface area contributed by atoms with Gasteiger partial charge in [0.1, 0.15) is 0 Å². The van der Waals surface area contributed by atoms with E-state index in [4.69, 9.17) is 9.47 Å². The van der Waals surface area contributed by atoms with Crippen LogP contribution in [0.1, 0.15) is 24.0 Å². The Morgan fingerprint density at radius 2 is 1.81 bits per heavy atom. The molecule has 0 bridgehead atoms. The molecule has 0 aliphatic carbocycles. The molecule has 0 saturated carbocycles. The fourth-order valence-electron chi connectivity index (χ4n) is 2.63. The Morgan fingerprint density at radius 1 is 1.11 bits per heavy atom. The lowest BCUT2D eigenvalue weighted by Gasteiger charge is -2.17. The van der Waals surface area contributed by atoms with Crippen molar-refractivity contribution in [3.05, 3.63) is 58.1 Å². The number of methoxy groups -OCH3 is 2. The molecule has 0 spiro atoms. The first-order valence-corrected chi connectivity index (χ1v) is 9.28. The van der Waals surface area contributed by atoms with E-state index in [2.05, 4.69) is 62.7 Å². The van der Waals surface area contributed by atoms with Crippen LogP contribution in [0.3, 0.4) is 0 Å². The molecule has 7 heteroatoms. The molecule has 5 nitrogen and oxygen atoms in total. The highest BCUT2D eigenvalue weighted by atomic mass is 127. The summed E-state index contributed by atoms with van der Waals surface area (Å²) in [5, 5.41) is 6.71. The lowest BCUT2D eigenvalue weighted by Crippen LogP contribution is -2.38. The van der Waals surface area contributed by atoms with E-state index in [0.29, 0.717) is 24.0 Å². The maximum atomic E-state index is 5.39. The molecule has 0 heterocycles. The molecule has 0 fully saturated rings. The maximum absolute atomic E-state index is 5.39. The summed E-state index contributed by atoms with van der Waals surface area (Å²) in [7, 11) is 5.03. The average Bonchev–Trinajstić information content (AvgIpc) is 2.68. The number of hydrogen-bond donors (Lipinski definition) is 2. The van der Waals surface area contributed by atoms with E-state index in [1.54, 1.807) is 21.3 Å². The number of nitrogens with one attached hydrogen (secondary N) is 2. The van der Waals surface area contributed by atoms with Crippen LogP contribution in [0, 0.1) is 0 Å². The van der Waals surface area contributed by atoms with Crippen molar-refractivity contribution in [2.45, 2.75) is 19.4 Å². The number of halogens is 2. The largest absolute Gasteiger partial charge is 0.493 e. The van der Waals surface area contributed by atoms with Gasteiger partial charge in [-0.3, -0.25) is 4.99 Å². The second-order valence-corrected chi connectivity index (χ2v) is 6.79. The van der Waals surface area contributed by atoms with Gasteiger partial charge in [0.15, 0.2) is 17.5 Å². The van der Waals surface area contributed by atoms with Gasteiger partial charge in [-0.1, -0.05) is 37.3 Å². The summed E-state index contributed by atoms with van der Waals surface area (Å²) in [5.41, 5.74) is 2.37. The Balaban J connectivity index is 0.00000364. The first-order chi connectivity index (χ1) is 12.6. The highest BCUT2D eigenvalue weighted by Crippen LogP contribution is 2.36. The molecule has 0 aliphatic heterocycles. The smallest absolute Gasteiger partial charge is 0.191 e. The second-order valence-electron chi connectivity index (χ2n) is 5.93. The lowest BCUT2D eigenvalue weighted by molar-refractivity contribution is 0.352. The molecular formula is C20H27BrIN3O2. The van der Waals surface area contributed by atoms with E-state index in [9.17, 15) is 0 Å². The van der Waals surface area contributed by atoms with Gasteiger partial charge in [-0.2, -0.15) is 0 Å². The van der Waals surface area contributed by atoms with Crippen LogP contribution >= 0.6 is 39.9 Å². The third kappa shape index (κ3) is 6.88. The Kier molecular flexibility index (Phi) is 10.5. The molecule has 0 saturated heterocycles. The van der Waals surface area contributed by atoms with Gasteiger partial charge in [0, 0.05) is 20.1 Å². The molecule has 27 heavy (non-hydrogen) atoms. The van der Waals surface area contributed by atoms with Crippen LogP contribution < -0.4 is 20.1 Å². The minimum Gasteiger partial charge on any atom is -0.493 e. The van der Waals surface area contributed by atoms with Crippen LogP contribution in [0.15, 0.2) is 51.9 Å². The lowest BCUT2D eigenvalue weighted by atomic mass is 10.0. The van der Waals surface area contributed by atoms with Crippen LogP contribution in [0.5, 0.6) is 11.5 Å². The van der Waals surface area contributed by atoms with Gasteiger partial charge >= 0.3 is 0 Å². The summed E-state index contributed by atoms with van der Waals surface area (Å²) in [6.07, 6.45) is 0. The minimum atomic E-state index is 0. The van der Waals surface area contributed by atoms with Crippen LogP contribution in [0.2, 0.25) is 0 Å². The summed E-state index contributed by atoms with van der Waals surface area (Å²) < 4.78 is 11.6.